The zero-order chi connectivity index (χ0) is 21.6. The first-order chi connectivity index (χ1) is 15.0. The van der Waals surface area contributed by atoms with E-state index in [-0.39, 0.29) is 9.80 Å². The van der Waals surface area contributed by atoms with Crippen molar-refractivity contribution in [3.63, 3.8) is 0 Å². The average molecular weight is 432 g/mol. The molecule has 0 saturated heterocycles. The smallest absolute Gasteiger partial charge is 0.207 e. The zero-order valence-corrected chi connectivity index (χ0v) is 17.9. The summed E-state index contributed by atoms with van der Waals surface area (Å²) in [5.41, 5.74) is 2.58. The van der Waals surface area contributed by atoms with Gasteiger partial charge in [-0.05, 0) is 48.9 Å². The molecule has 5 nitrogen and oxygen atoms in total. The van der Waals surface area contributed by atoms with Gasteiger partial charge in [-0.15, -0.1) is 0 Å². The third-order valence-corrected chi connectivity index (χ3v) is 7.67. The number of allylic oxidation sites excluding steroid dienone is 2. The van der Waals surface area contributed by atoms with Gasteiger partial charge >= 0.3 is 0 Å². The van der Waals surface area contributed by atoms with Crippen LogP contribution in [0.1, 0.15) is 24.0 Å². The molecule has 1 atom stereocenters. The van der Waals surface area contributed by atoms with Crippen molar-refractivity contribution in [2.45, 2.75) is 17.7 Å². The normalized spacial score (nSPS) is 16.1. The van der Waals surface area contributed by atoms with Gasteiger partial charge in [0, 0.05) is 22.7 Å². The van der Waals surface area contributed by atoms with Gasteiger partial charge in [0.05, 0.1) is 22.8 Å². The summed E-state index contributed by atoms with van der Waals surface area (Å²) in [4.78, 5) is 3.76. The van der Waals surface area contributed by atoms with E-state index in [0.717, 1.165) is 22.0 Å². The maximum absolute atomic E-state index is 13.8. The minimum Gasteiger partial charge on any atom is -0.497 e. The third-order valence-electron chi connectivity index (χ3n) is 5.68. The van der Waals surface area contributed by atoms with E-state index < -0.39 is 15.8 Å². The summed E-state index contributed by atoms with van der Waals surface area (Å²) in [5.74, 6) is 1.10. The molecular weight excluding hydrogens is 410 g/mol. The second-order valence-corrected chi connectivity index (χ2v) is 9.38. The van der Waals surface area contributed by atoms with Crippen LogP contribution in [-0.4, -0.2) is 20.5 Å². The zero-order valence-electron chi connectivity index (χ0n) is 17.1. The first-order valence-electron chi connectivity index (χ1n) is 9.93. The standard InChI is InChI=1S/C25H21NO4S/c1-16-25(31(27,28)18-8-4-3-5-9-18)24(20-14-17(29-2)12-13-23(20)30-16)21-15-26-22-11-7-6-10-19(21)22/h3-15,24,26H,1-2H3. The molecule has 1 aromatic heterocycles. The van der Waals surface area contributed by atoms with Gasteiger partial charge in [-0.1, -0.05) is 36.4 Å². The number of H-pyrrole nitrogens is 1. The van der Waals surface area contributed by atoms with Crippen molar-refractivity contribution in [2.75, 3.05) is 7.11 Å². The van der Waals surface area contributed by atoms with Crippen LogP contribution in [0.5, 0.6) is 11.5 Å². The number of aromatic amines is 1. The maximum Gasteiger partial charge on any atom is 0.207 e. The Morgan fingerprint density at radius 2 is 1.68 bits per heavy atom. The van der Waals surface area contributed by atoms with Gasteiger partial charge in [0.25, 0.3) is 0 Å². The Bertz CT molecular complexity index is 1420. The van der Waals surface area contributed by atoms with Gasteiger partial charge in [0.15, 0.2) is 0 Å². The number of fused-ring (bicyclic) bond motifs is 2. The Morgan fingerprint density at radius 3 is 2.45 bits per heavy atom. The number of hydrogen-bond donors (Lipinski definition) is 1. The number of para-hydroxylation sites is 1. The van der Waals surface area contributed by atoms with E-state index in [4.69, 9.17) is 9.47 Å². The Labute approximate surface area is 180 Å². The van der Waals surface area contributed by atoms with E-state index in [1.54, 1.807) is 44.4 Å². The Hall–Kier alpha value is -3.51. The first-order valence-corrected chi connectivity index (χ1v) is 11.4. The molecule has 31 heavy (non-hydrogen) atoms. The van der Waals surface area contributed by atoms with Crippen molar-refractivity contribution >= 4 is 20.7 Å². The highest BCUT2D eigenvalue weighted by atomic mass is 32.2. The van der Waals surface area contributed by atoms with Crippen molar-refractivity contribution in [2.24, 2.45) is 0 Å². The lowest BCUT2D eigenvalue weighted by Gasteiger charge is -2.30. The van der Waals surface area contributed by atoms with Crippen LogP contribution in [0.3, 0.4) is 0 Å². The molecule has 1 N–H and O–H groups in total. The molecule has 1 aliphatic rings. The molecule has 0 radical (unpaired) electrons. The summed E-state index contributed by atoms with van der Waals surface area (Å²) in [6, 6.07) is 21.9. The van der Waals surface area contributed by atoms with Crippen molar-refractivity contribution in [1.29, 1.82) is 0 Å². The number of hydrogen-bond acceptors (Lipinski definition) is 4. The van der Waals surface area contributed by atoms with Crippen LogP contribution in [0.2, 0.25) is 0 Å². The number of nitrogens with one attached hydrogen (secondary N) is 1. The van der Waals surface area contributed by atoms with Gasteiger partial charge in [-0.3, -0.25) is 0 Å². The van der Waals surface area contributed by atoms with E-state index in [9.17, 15) is 8.42 Å². The van der Waals surface area contributed by atoms with Gasteiger partial charge in [0.1, 0.15) is 17.3 Å². The number of methoxy groups -OCH3 is 1. The fourth-order valence-electron chi connectivity index (χ4n) is 4.24. The lowest BCUT2D eigenvalue weighted by molar-refractivity contribution is 0.392. The van der Waals surface area contributed by atoms with Gasteiger partial charge < -0.3 is 14.5 Å². The Morgan fingerprint density at radius 1 is 0.935 bits per heavy atom. The second kappa shape index (κ2) is 7.32. The molecule has 0 fully saturated rings. The molecule has 4 aromatic rings. The minimum absolute atomic E-state index is 0.240. The fraction of sp³-hybridized carbons (Fsp3) is 0.120. The van der Waals surface area contributed by atoms with Gasteiger partial charge in [-0.2, -0.15) is 0 Å². The molecule has 1 aliphatic heterocycles. The number of ether oxygens (including phenoxy) is 2. The van der Waals surface area contributed by atoms with Crippen LogP contribution in [0, 0.1) is 0 Å². The summed E-state index contributed by atoms with van der Waals surface area (Å²) in [6.07, 6.45) is 1.89. The monoisotopic (exact) mass is 431 g/mol. The highest BCUT2D eigenvalue weighted by Gasteiger charge is 2.39. The van der Waals surface area contributed by atoms with Crippen LogP contribution < -0.4 is 9.47 Å². The topological polar surface area (TPSA) is 68.4 Å². The van der Waals surface area contributed by atoms with Crippen LogP contribution in [0.4, 0.5) is 0 Å². The molecular formula is C25H21NO4S. The summed E-state index contributed by atoms with van der Waals surface area (Å²) in [6.45, 7) is 1.71. The number of benzene rings is 3. The summed E-state index contributed by atoms with van der Waals surface area (Å²) >= 11 is 0. The first kappa shape index (κ1) is 19.5. The van der Waals surface area contributed by atoms with Crippen LogP contribution >= 0.6 is 0 Å². The van der Waals surface area contributed by atoms with Crippen molar-refractivity contribution in [1.82, 2.24) is 4.98 Å². The fourth-order valence-corrected chi connectivity index (χ4v) is 6.00. The number of aromatic nitrogens is 1. The average Bonchev–Trinajstić information content (AvgIpc) is 3.22. The molecule has 0 spiro atoms. The number of rotatable bonds is 4. The predicted octanol–water partition coefficient (Wildman–Crippen LogP) is 5.41. The minimum atomic E-state index is -3.82. The second-order valence-electron chi connectivity index (χ2n) is 7.47. The van der Waals surface area contributed by atoms with E-state index in [1.807, 2.05) is 48.7 Å². The largest absolute Gasteiger partial charge is 0.497 e. The SMILES string of the molecule is COc1ccc2c(c1)C(c1c[nH]c3ccccc13)C(S(=O)(=O)c1ccccc1)=C(C)O2. The molecule has 0 amide bonds. The summed E-state index contributed by atoms with van der Waals surface area (Å²) in [5, 5.41) is 0.969. The molecule has 0 bridgehead atoms. The third kappa shape index (κ3) is 3.11. The van der Waals surface area contributed by atoms with Crippen LogP contribution in [-0.2, 0) is 9.84 Å². The van der Waals surface area contributed by atoms with E-state index in [1.165, 1.54) is 0 Å². The molecule has 1 unspecified atom stereocenters. The molecule has 0 saturated carbocycles. The molecule has 2 heterocycles. The highest BCUT2D eigenvalue weighted by Crippen LogP contribution is 2.49. The van der Waals surface area contributed by atoms with Crippen LogP contribution in [0.15, 0.2) is 94.6 Å². The van der Waals surface area contributed by atoms with Gasteiger partial charge in [0.2, 0.25) is 9.84 Å². The maximum atomic E-state index is 13.8. The molecule has 5 rings (SSSR count). The quantitative estimate of drug-likeness (QED) is 0.469. The van der Waals surface area contributed by atoms with Crippen molar-refractivity contribution in [3.05, 3.63) is 101 Å². The molecule has 3 aromatic carbocycles. The number of sulfone groups is 1. The molecule has 156 valence electrons. The van der Waals surface area contributed by atoms with E-state index in [2.05, 4.69) is 4.98 Å². The van der Waals surface area contributed by atoms with Crippen molar-refractivity contribution in [3.8, 4) is 11.5 Å². The van der Waals surface area contributed by atoms with Gasteiger partial charge in [-0.25, -0.2) is 8.42 Å². The van der Waals surface area contributed by atoms with E-state index in [0.29, 0.717) is 17.3 Å². The lowest BCUT2D eigenvalue weighted by atomic mass is 9.88. The molecule has 0 aliphatic carbocycles. The summed E-state index contributed by atoms with van der Waals surface area (Å²) in [7, 11) is -2.23. The predicted molar refractivity (Wildman–Crippen MR) is 120 cm³/mol. The Kier molecular flexibility index (Phi) is 4.59. The molecule has 6 heteroatoms. The summed E-state index contributed by atoms with van der Waals surface area (Å²) < 4.78 is 39.1. The Balaban J connectivity index is 1.82. The van der Waals surface area contributed by atoms with Crippen LogP contribution in [0.25, 0.3) is 10.9 Å². The van der Waals surface area contributed by atoms with E-state index >= 15 is 0 Å². The van der Waals surface area contributed by atoms with Crippen molar-refractivity contribution < 1.29 is 17.9 Å². The lowest BCUT2D eigenvalue weighted by Crippen LogP contribution is -2.22. The highest BCUT2D eigenvalue weighted by molar-refractivity contribution is 7.95.